The maximum atomic E-state index is 14.2. The normalized spacial score (nSPS) is 15.8. The van der Waals surface area contributed by atoms with E-state index < -0.39 is 12.4 Å². The Balaban J connectivity index is 1.65. The summed E-state index contributed by atoms with van der Waals surface area (Å²) in [6.45, 7) is 3.21. The zero-order valence-electron chi connectivity index (χ0n) is 16.2. The van der Waals surface area contributed by atoms with Crippen LogP contribution in [0, 0.1) is 5.82 Å². The molecule has 1 aromatic carbocycles. The predicted octanol–water partition coefficient (Wildman–Crippen LogP) is 2.70. The number of aromatic nitrogens is 1. The summed E-state index contributed by atoms with van der Waals surface area (Å²) >= 11 is 0. The Morgan fingerprint density at radius 3 is 2.72 bits per heavy atom. The van der Waals surface area contributed by atoms with Crippen molar-refractivity contribution < 1.29 is 22.4 Å². The first kappa shape index (κ1) is 21.0. The van der Waals surface area contributed by atoms with Crippen LogP contribution < -0.4 is 10.1 Å². The van der Waals surface area contributed by atoms with Gasteiger partial charge in [0, 0.05) is 45.3 Å². The van der Waals surface area contributed by atoms with Gasteiger partial charge in [-0.2, -0.15) is 8.78 Å². The largest absolute Gasteiger partial charge is 0.434 e. The molecule has 0 radical (unpaired) electrons. The SMILES string of the molecule is CCNC(=NCc1c(F)cccc1OC(F)F)N1CCN(Cc2ccon2)CC1. The number of nitrogens with one attached hydrogen (secondary N) is 1. The van der Waals surface area contributed by atoms with Crippen molar-refractivity contribution in [3.8, 4) is 5.75 Å². The lowest BCUT2D eigenvalue weighted by molar-refractivity contribution is -0.0506. The van der Waals surface area contributed by atoms with Gasteiger partial charge < -0.3 is 19.5 Å². The lowest BCUT2D eigenvalue weighted by Crippen LogP contribution is -2.52. The summed E-state index contributed by atoms with van der Waals surface area (Å²) in [4.78, 5) is 8.78. The first-order valence-corrected chi connectivity index (χ1v) is 9.44. The van der Waals surface area contributed by atoms with Gasteiger partial charge in [0.15, 0.2) is 5.96 Å². The van der Waals surface area contributed by atoms with Gasteiger partial charge in [-0.25, -0.2) is 9.38 Å². The first-order chi connectivity index (χ1) is 14.1. The van der Waals surface area contributed by atoms with Crippen LogP contribution in [0.4, 0.5) is 13.2 Å². The summed E-state index contributed by atoms with van der Waals surface area (Å²) in [6, 6.07) is 5.69. The Kier molecular flexibility index (Phi) is 7.34. The molecule has 0 aliphatic carbocycles. The van der Waals surface area contributed by atoms with E-state index in [-0.39, 0.29) is 17.9 Å². The average molecular weight is 411 g/mol. The molecule has 1 aliphatic rings. The van der Waals surface area contributed by atoms with Gasteiger partial charge in [0.2, 0.25) is 0 Å². The highest BCUT2D eigenvalue weighted by Crippen LogP contribution is 2.24. The third kappa shape index (κ3) is 5.86. The Bertz CT molecular complexity index is 793. The van der Waals surface area contributed by atoms with Gasteiger partial charge in [0.05, 0.1) is 17.8 Å². The fraction of sp³-hybridized carbons (Fsp3) is 0.474. The molecule has 0 atom stereocenters. The van der Waals surface area contributed by atoms with Gasteiger partial charge in [-0.1, -0.05) is 11.2 Å². The minimum atomic E-state index is -3.02. The summed E-state index contributed by atoms with van der Waals surface area (Å²) in [7, 11) is 0. The second kappa shape index (κ2) is 10.1. The second-order valence-corrected chi connectivity index (χ2v) is 6.52. The number of hydrogen-bond acceptors (Lipinski definition) is 5. The van der Waals surface area contributed by atoms with E-state index in [1.165, 1.54) is 18.2 Å². The van der Waals surface area contributed by atoms with E-state index in [0.717, 1.165) is 31.9 Å². The summed E-state index contributed by atoms with van der Waals surface area (Å²) in [5.41, 5.74) is 0.887. The smallest absolute Gasteiger partial charge is 0.387 e. The molecule has 3 rings (SSSR count). The van der Waals surface area contributed by atoms with Crippen LogP contribution in [-0.2, 0) is 13.1 Å². The van der Waals surface area contributed by atoms with E-state index in [4.69, 9.17) is 4.52 Å². The van der Waals surface area contributed by atoms with Crippen LogP contribution in [0.3, 0.4) is 0 Å². The molecule has 0 unspecified atom stereocenters. The molecule has 2 heterocycles. The number of nitrogens with zero attached hydrogens (tertiary/aromatic N) is 4. The molecule has 2 aromatic rings. The highest BCUT2D eigenvalue weighted by Gasteiger charge is 2.21. The van der Waals surface area contributed by atoms with Crippen molar-refractivity contribution in [1.82, 2.24) is 20.3 Å². The van der Waals surface area contributed by atoms with E-state index >= 15 is 0 Å². The minimum absolute atomic E-state index is 0.00729. The number of rotatable bonds is 7. The van der Waals surface area contributed by atoms with Crippen molar-refractivity contribution >= 4 is 5.96 Å². The molecule has 0 spiro atoms. The number of halogens is 3. The van der Waals surface area contributed by atoms with Crippen LogP contribution in [0.1, 0.15) is 18.2 Å². The minimum Gasteiger partial charge on any atom is -0.434 e. The van der Waals surface area contributed by atoms with Crippen LogP contribution in [0.25, 0.3) is 0 Å². The van der Waals surface area contributed by atoms with Crippen LogP contribution >= 0.6 is 0 Å². The predicted molar refractivity (Wildman–Crippen MR) is 101 cm³/mol. The Morgan fingerprint density at radius 1 is 1.28 bits per heavy atom. The molecule has 29 heavy (non-hydrogen) atoms. The zero-order chi connectivity index (χ0) is 20.6. The summed E-state index contributed by atoms with van der Waals surface area (Å²) in [5, 5.41) is 7.11. The number of piperazine rings is 1. The Labute approximate surface area is 167 Å². The van der Waals surface area contributed by atoms with Gasteiger partial charge in [-0.05, 0) is 19.1 Å². The molecule has 7 nitrogen and oxygen atoms in total. The molecular formula is C19H24F3N5O2. The number of benzene rings is 1. The van der Waals surface area contributed by atoms with E-state index in [2.05, 4.69) is 30.0 Å². The van der Waals surface area contributed by atoms with Gasteiger partial charge in [-0.15, -0.1) is 0 Å². The average Bonchev–Trinajstić information content (AvgIpc) is 3.20. The molecule has 1 aliphatic heterocycles. The van der Waals surface area contributed by atoms with Crippen molar-refractivity contribution in [3.05, 3.63) is 47.6 Å². The fourth-order valence-electron chi connectivity index (χ4n) is 3.14. The topological polar surface area (TPSA) is 66.1 Å². The highest BCUT2D eigenvalue weighted by atomic mass is 19.3. The number of guanidine groups is 1. The lowest BCUT2D eigenvalue weighted by atomic mass is 10.2. The van der Waals surface area contributed by atoms with Gasteiger partial charge in [0.25, 0.3) is 0 Å². The summed E-state index contributed by atoms with van der Waals surface area (Å²) in [6.07, 6.45) is 1.55. The molecule has 1 N–H and O–H groups in total. The first-order valence-electron chi connectivity index (χ1n) is 9.44. The van der Waals surface area contributed by atoms with Crippen LogP contribution in [-0.4, -0.2) is 60.3 Å². The number of hydrogen-bond donors (Lipinski definition) is 1. The molecule has 0 bridgehead atoms. The van der Waals surface area contributed by atoms with Crippen molar-refractivity contribution in [2.24, 2.45) is 4.99 Å². The van der Waals surface area contributed by atoms with E-state index in [1.807, 2.05) is 13.0 Å². The molecule has 10 heteroatoms. The van der Waals surface area contributed by atoms with Gasteiger partial charge in [-0.3, -0.25) is 4.90 Å². The summed E-state index contributed by atoms with van der Waals surface area (Å²) in [5.74, 6) is -0.211. The Morgan fingerprint density at radius 2 is 2.07 bits per heavy atom. The molecule has 1 fully saturated rings. The van der Waals surface area contributed by atoms with E-state index in [0.29, 0.717) is 19.0 Å². The van der Waals surface area contributed by atoms with Crippen LogP contribution in [0.5, 0.6) is 5.75 Å². The molecule has 0 amide bonds. The quantitative estimate of drug-likeness (QED) is 0.558. The zero-order valence-corrected chi connectivity index (χ0v) is 16.2. The fourth-order valence-corrected chi connectivity index (χ4v) is 3.14. The van der Waals surface area contributed by atoms with Gasteiger partial charge in [0.1, 0.15) is 17.8 Å². The number of aliphatic imine (C=N–C) groups is 1. The molecular weight excluding hydrogens is 387 g/mol. The van der Waals surface area contributed by atoms with Crippen molar-refractivity contribution in [1.29, 1.82) is 0 Å². The van der Waals surface area contributed by atoms with Crippen molar-refractivity contribution in [2.75, 3.05) is 32.7 Å². The molecule has 1 saturated heterocycles. The van der Waals surface area contributed by atoms with Crippen molar-refractivity contribution in [2.45, 2.75) is 26.6 Å². The van der Waals surface area contributed by atoms with Gasteiger partial charge >= 0.3 is 6.61 Å². The number of alkyl halides is 2. The van der Waals surface area contributed by atoms with Crippen LogP contribution in [0.15, 0.2) is 40.0 Å². The van der Waals surface area contributed by atoms with E-state index in [1.54, 1.807) is 6.26 Å². The maximum Gasteiger partial charge on any atom is 0.387 e. The highest BCUT2D eigenvalue weighted by molar-refractivity contribution is 5.80. The summed E-state index contributed by atoms with van der Waals surface area (Å²) < 4.78 is 48.7. The standard InChI is InChI=1S/C19H24F3N5O2/c1-2-23-19(24-12-15-16(20)4-3-5-17(15)29-18(21)22)27-9-7-26(8-10-27)13-14-6-11-28-25-14/h3-6,11,18H,2,7-10,12-13H2,1H3,(H,23,24). The van der Waals surface area contributed by atoms with Crippen molar-refractivity contribution in [3.63, 3.8) is 0 Å². The Hall–Kier alpha value is -2.75. The molecule has 0 saturated carbocycles. The molecule has 158 valence electrons. The third-order valence-electron chi connectivity index (χ3n) is 4.56. The number of ether oxygens (including phenoxy) is 1. The third-order valence-corrected chi connectivity index (χ3v) is 4.56. The maximum absolute atomic E-state index is 14.2. The monoisotopic (exact) mass is 411 g/mol. The van der Waals surface area contributed by atoms with E-state index in [9.17, 15) is 13.2 Å². The van der Waals surface area contributed by atoms with Crippen LogP contribution in [0.2, 0.25) is 0 Å². The second-order valence-electron chi connectivity index (χ2n) is 6.52. The molecule has 1 aromatic heterocycles. The lowest BCUT2D eigenvalue weighted by Gasteiger charge is -2.36.